The lowest BCUT2D eigenvalue weighted by molar-refractivity contribution is 1.08. The Morgan fingerprint density at radius 1 is 0.400 bits per heavy atom. The van der Waals surface area contributed by atoms with Gasteiger partial charge in [-0.1, -0.05) is 121 Å². The van der Waals surface area contributed by atoms with Gasteiger partial charge in [-0.15, -0.1) is 0 Å². The predicted molar refractivity (Wildman–Crippen MR) is 232 cm³/mol. The van der Waals surface area contributed by atoms with Crippen LogP contribution in [-0.4, -0.2) is 0 Å². The maximum Gasteiger partial charge on any atom is 0.0497 e. The Bertz CT molecular complexity index is 2650. The van der Waals surface area contributed by atoms with E-state index in [4.69, 9.17) is 5.73 Å². The number of aryl methyl sites for hydroxylation is 1. The molecule has 10 rings (SSSR count). The molecule has 2 aliphatic rings. The number of rotatable bonds is 5. The maximum atomic E-state index is 6.31. The fourth-order valence-corrected chi connectivity index (χ4v) is 8.75. The van der Waals surface area contributed by atoms with Gasteiger partial charge >= 0.3 is 0 Å². The van der Waals surface area contributed by atoms with Gasteiger partial charge in [0, 0.05) is 52.7 Å². The summed E-state index contributed by atoms with van der Waals surface area (Å²) in [6, 6.07) is 64.3. The monoisotopic (exact) mass is 707 g/mol. The van der Waals surface area contributed by atoms with Crippen molar-refractivity contribution >= 4 is 39.8 Å². The molecule has 264 valence electrons. The summed E-state index contributed by atoms with van der Waals surface area (Å²) < 4.78 is 0. The number of anilines is 7. The van der Waals surface area contributed by atoms with Gasteiger partial charge in [0.05, 0.1) is 0 Å². The Balaban J connectivity index is 1.06. The number of fused-ring (bicyclic) bond motifs is 4. The molecule has 2 aliphatic heterocycles. The highest BCUT2D eigenvalue weighted by Crippen LogP contribution is 2.49. The highest BCUT2D eigenvalue weighted by molar-refractivity contribution is 5.94. The van der Waals surface area contributed by atoms with Crippen molar-refractivity contribution in [1.82, 2.24) is 0 Å². The van der Waals surface area contributed by atoms with Crippen LogP contribution in [0.4, 0.5) is 39.8 Å². The number of hydrogen-bond donors (Lipinski definition) is 1. The maximum absolute atomic E-state index is 6.31. The normalized spacial score (nSPS) is 12.8. The first kappa shape index (κ1) is 32.8. The number of nitrogen functional groups attached to an aromatic ring is 1. The van der Waals surface area contributed by atoms with E-state index in [1.165, 1.54) is 84.1 Å². The third kappa shape index (κ3) is 5.59. The lowest BCUT2D eigenvalue weighted by atomic mass is 9.87. The third-order valence-corrected chi connectivity index (χ3v) is 11.6. The van der Waals surface area contributed by atoms with Gasteiger partial charge < -0.3 is 15.5 Å². The van der Waals surface area contributed by atoms with E-state index in [9.17, 15) is 0 Å². The van der Waals surface area contributed by atoms with Crippen molar-refractivity contribution in [2.75, 3.05) is 15.5 Å². The predicted octanol–water partition coefficient (Wildman–Crippen LogP) is 13.6. The molecule has 0 radical (unpaired) electrons. The summed E-state index contributed by atoms with van der Waals surface area (Å²) in [5, 5.41) is 0. The van der Waals surface area contributed by atoms with Gasteiger partial charge in [-0.3, -0.25) is 0 Å². The molecule has 3 heteroatoms. The first-order chi connectivity index (χ1) is 27.0. The molecular formula is C52H41N3. The summed E-state index contributed by atoms with van der Waals surface area (Å²) >= 11 is 0. The van der Waals surface area contributed by atoms with Crippen molar-refractivity contribution in [3.05, 3.63) is 209 Å². The van der Waals surface area contributed by atoms with Gasteiger partial charge in [-0.2, -0.15) is 0 Å². The molecule has 0 fully saturated rings. The highest BCUT2D eigenvalue weighted by Gasteiger charge is 2.27. The molecule has 0 saturated heterocycles. The minimum atomic E-state index is 0.809. The first-order valence-electron chi connectivity index (χ1n) is 19.1. The number of nitrogens with zero attached hydrogens (tertiary/aromatic N) is 2. The van der Waals surface area contributed by atoms with Crippen LogP contribution < -0.4 is 15.5 Å². The fraction of sp³-hybridized carbons (Fsp3) is 0.0769. The Kier molecular flexibility index (Phi) is 7.88. The van der Waals surface area contributed by atoms with Crippen LogP contribution in [0.3, 0.4) is 0 Å². The molecule has 0 saturated carbocycles. The minimum Gasteiger partial charge on any atom is -0.399 e. The van der Waals surface area contributed by atoms with Crippen LogP contribution in [0.25, 0.3) is 33.4 Å². The second-order valence-corrected chi connectivity index (χ2v) is 14.9. The molecule has 55 heavy (non-hydrogen) atoms. The minimum absolute atomic E-state index is 0.809. The molecule has 0 aliphatic carbocycles. The van der Waals surface area contributed by atoms with Crippen LogP contribution in [0, 0.1) is 13.8 Å². The molecule has 0 atom stereocenters. The van der Waals surface area contributed by atoms with E-state index >= 15 is 0 Å². The smallest absolute Gasteiger partial charge is 0.0497 e. The van der Waals surface area contributed by atoms with Crippen molar-refractivity contribution in [2.45, 2.75) is 26.7 Å². The Labute approximate surface area is 323 Å². The van der Waals surface area contributed by atoms with Crippen LogP contribution in [0.1, 0.15) is 33.4 Å². The van der Waals surface area contributed by atoms with Gasteiger partial charge in [0.2, 0.25) is 0 Å². The Morgan fingerprint density at radius 2 is 0.836 bits per heavy atom. The van der Waals surface area contributed by atoms with E-state index in [-0.39, 0.29) is 0 Å². The van der Waals surface area contributed by atoms with Crippen LogP contribution in [0.2, 0.25) is 0 Å². The lowest BCUT2D eigenvalue weighted by Gasteiger charge is -2.35. The molecule has 2 heterocycles. The molecule has 3 nitrogen and oxygen atoms in total. The van der Waals surface area contributed by atoms with Gasteiger partial charge in [-0.25, -0.2) is 0 Å². The molecule has 0 bridgehead atoms. The van der Waals surface area contributed by atoms with E-state index in [1.807, 2.05) is 6.07 Å². The number of hydrogen-bond acceptors (Lipinski definition) is 3. The van der Waals surface area contributed by atoms with E-state index in [0.717, 1.165) is 35.3 Å². The molecule has 0 aromatic heterocycles. The van der Waals surface area contributed by atoms with Crippen LogP contribution in [0.15, 0.2) is 176 Å². The molecule has 0 spiro atoms. The van der Waals surface area contributed by atoms with E-state index in [0.29, 0.717) is 0 Å². The summed E-state index contributed by atoms with van der Waals surface area (Å²) in [6.45, 7) is 4.37. The highest BCUT2D eigenvalue weighted by atomic mass is 15.2. The quantitative estimate of drug-likeness (QED) is 0.181. The molecular weight excluding hydrogens is 667 g/mol. The number of para-hydroxylation sites is 4. The van der Waals surface area contributed by atoms with Crippen molar-refractivity contribution in [2.24, 2.45) is 0 Å². The van der Waals surface area contributed by atoms with Crippen LogP contribution >= 0.6 is 0 Å². The van der Waals surface area contributed by atoms with E-state index < -0.39 is 0 Å². The summed E-state index contributed by atoms with van der Waals surface area (Å²) in [7, 11) is 0. The third-order valence-electron chi connectivity index (χ3n) is 11.6. The number of nitrogens with two attached hydrogens (primary N) is 1. The van der Waals surface area contributed by atoms with E-state index in [2.05, 4.69) is 194 Å². The van der Waals surface area contributed by atoms with Crippen molar-refractivity contribution < 1.29 is 0 Å². The molecule has 0 amide bonds. The van der Waals surface area contributed by atoms with Crippen molar-refractivity contribution in [3.63, 3.8) is 0 Å². The van der Waals surface area contributed by atoms with Gasteiger partial charge in [-0.05, 0) is 135 Å². The first-order valence-corrected chi connectivity index (χ1v) is 19.1. The van der Waals surface area contributed by atoms with E-state index in [1.54, 1.807) is 0 Å². The second kappa shape index (κ2) is 13.2. The summed E-state index contributed by atoms with van der Waals surface area (Å²) in [5.41, 5.74) is 29.3. The Hall–Kier alpha value is -6.84. The topological polar surface area (TPSA) is 32.5 Å². The van der Waals surface area contributed by atoms with Crippen molar-refractivity contribution in [3.8, 4) is 33.4 Å². The molecule has 2 N–H and O–H groups in total. The molecule has 8 aromatic rings. The van der Waals surface area contributed by atoms with Crippen molar-refractivity contribution in [1.29, 1.82) is 0 Å². The Morgan fingerprint density at radius 3 is 1.35 bits per heavy atom. The average molecular weight is 708 g/mol. The largest absolute Gasteiger partial charge is 0.399 e. The lowest BCUT2D eigenvalue weighted by Crippen LogP contribution is -2.19. The van der Waals surface area contributed by atoms with Gasteiger partial charge in [0.1, 0.15) is 0 Å². The zero-order chi connectivity index (χ0) is 37.0. The van der Waals surface area contributed by atoms with Crippen LogP contribution in [0.5, 0.6) is 0 Å². The number of benzene rings is 8. The molecule has 0 unspecified atom stereocenters. The SMILES string of the molecule is Cc1cc(-c2ccc(N3c4ccccc4Cc4ccccc43)c(C)c2-c2ccc(-c3ccc(N4c5ccccc5Cc5ccccc54)cc3)cc2)ccc1N. The second-order valence-electron chi connectivity index (χ2n) is 14.9. The average Bonchev–Trinajstić information content (AvgIpc) is 3.23. The fourth-order valence-electron chi connectivity index (χ4n) is 8.75. The standard InChI is InChI=1S/C52H41N3/c1-34-31-39(25-29-46(34)53)45-28-30-47(55-50-17-9-5-13-42(50)33-43-14-6-10-18-51(43)55)35(2)52(45)38-21-19-36(20-22-38)37-23-26-44(27-24-37)54-48-15-7-3-11-40(48)32-41-12-4-8-16-49(41)54/h3-31H,32-33,53H2,1-2H3. The molecule has 8 aromatic carbocycles. The zero-order valence-corrected chi connectivity index (χ0v) is 31.1. The summed E-state index contributed by atoms with van der Waals surface area (Å²) in [4.78, 5) is 4.86. The summed E-state index contributed by atoms with van der Waals surface area (Å²) in [5.74, 6) is 0. The van der Waals surface area contributed by atoms with Gasteiger partial charge in [0.15, 0.2) is 0 Å². The van der Waals surface area contributed by atoms with Crippen LogP contribution in [-0.2, 0) is 12.8 Å². The zero-order valence-electron chi connectivity index (χ0n) is 31.1. The summed E-state index contributed by atoms with van der Waals surface area (Å²) in [6.07, 6.45) is 1.88. The van der Waals surface area contributed by atoms with Gasteiger partial charge in [0.25, 0.3) is 0 Å².